The van der Waals surface area contributed by atoms with Gasteiger partial charge in [-0.25, -0.2) is 4.98 Å². The van der Waals surface area contributed by atoms with Crippen molar-refractivity contribution in [2.45, 2.75) is 47.7 Å². The van der Waals surface area contributed by atoms with Gasteiger partial charge >= 0.3 is 0 Å². The predicted octanol–water partition coefficient (Wildman–Crippen LogP) is 3.93. The van der Waals surface area contributed by atoms with E-state index in [2.05, 4.69) is 65.2 Å². The van der Waals surface area contributed by atoms with E-state index in [1.54, 1.807) is 16.8 Å². The Morgan fingerprint density at radius 2 is 2.03 bits per heavy atom. The van der Waals surface area contributed by atoms with E-state index in [0.29, 0.717) is 35.8 Å². The fraction of sp³-hybridized carbons (Fsp3) is 0.455. The van der Waals surface area contributed by atoms with Gasteiger partial charge in [0.15, 0.2) is 0 Å². The fourth-order valence-electron chi connectivity index (χ4n) is 3.61. The van der Waals surface area contributed by atoms with Crippen LogP contribution in [0.25, 0.3) is 11.0 Å². The highest BCUT2D eigenvalue weighted by atomic mass is 127. The number of anilines is 1. The van der Waals surface area contributed by atoms with Gasteiger partial charge < -0.3 is 9.88 Å². The number of nitrogens with zero attached hydrogens (tertiary/aromatic N) is 5. The minimum Gasteiger partial charge on any atom is -0.316 e. The lowest BCUT2D eigenvalue weighted by Gasteiger charge is -2.27. The molecule has 0 aliphatic rings. The zero-order valence-corrected chi connectivity index (χ0v) is 20.7. The number of halogens is 1. The maximum atomic E-state index is 13.1. The van der Waals surface area contributed by atoms with Crippen molar-refractivity contribution in [3.63, 3.8) is 0 Å². The topological polar surface area (TPSA) is 101 Å². The lowest BCUT2D eigenvalue weighted by Crippen LogP contribution is -2.33. The van der Waals surface area contributed by atoms with E-state index in [1.165, 1.54) is 0 Å². The van der Waals surface area contributed by atoms with Crippen LogP contribution in [0.5, 0.6) is 0 Å². The highest BCUT2D eigenvalue weighted by Crippen LogP contribution is 2.30. The molecule has 8 nitrogen and oxygen atoms in total. The Labute approximate surface area is 196 Å². The minimum absolute atomic E-state index is 0.0815. The number of imidazole rings is 1. The molecule has 0 atom stereocenters. The number of aromatic nitrogens is 4. The van der Waals surface area contributed by atoms with Crippen molar-refractivity contribution in [3.8, 4) is 6.07 Å². The molecule has 2 aromatic heterocycles. The van der Waals surface area contributed by atoms with Crippen LogP contribution in [0.3, 0.4) is 0 Å². The summed E-state index contributed by atoms with van der Waals surface area (Å²) in [6.45, 7) is 13.2. The van der Waals surface area contributed by atoms with Crippen molar-refractivity contribution in [2.75, 3.05) is 18.4 Å². The van der Waals surface area contributed by atoms with Crippen LogP contribution in [-0.4, -0.2) is 38.3 Å². The summed E-state index contributed by atoms with van der Waals surface area (Å²) in [6.07, 6.45) is 0. The number of amides is 1. The molecule has 0 spiro atoms. The molecule has 164 valence electrons. The van der Waals surface area contributed by atoms with Crippen LogP contribution >= 0.6 is 22.6 Å². The monoisotopic (exact) mass is 533 g/mol. The summed E-state index contributed by atoms with van der Waals surface area (Å²) < 4.78 is 4.66. The number of rotatable bonds is 8. The third kappa shape index (κ3) is 5.07. The molecule has 1 amide bonds. The highest BCUT2D eigenvalue weighted by Gasteiger charge is 2.25. The van der Waals surface area contributed by atoms with Crippen molar-refractivity contribution < 1.29 is 4.79 Å². The van der Waals surface area contributed by atoms with Crippen LogP contribution in [0, 0.1) is 27.2 Å². The maximum absolute atomic E-state index is 13.1. The van der Waals surface area contributed by atoms with Crippen molar-refractivity contribution in [2.24, 2.45) is 5.41 Å². The summed E-state index contributed by atoms with van der Waals surface area (Å²) in [7, 11) is 0. The molecule has 0 saturated heterocycles. The molecular formula is C22H28IN7O. The number of benzene rings is 1. The summed E-state index contributed by atoms with van der Waals surface area (Å²) in [5.41, 5.74) is 3.37. The third-order valence-electron chi connectivity index (χ3n) is 5.02. The highest BCUT2D eigenvalue weighted by molar-refractivity contribution is 14.1. The second-order valence-corrected chi connectivity index (χ2v) is 9.51. The molecule has 31 heavy (non-hydrogen) atoms. The summed E-state index contributed by atoms with van der Waals surface area (Å²) in [5.74, 6) is 0.220. The van der Waals surface area contributed by atoms with Crippen molar-refractivity contribution in [1.82, 2.24) is 24.6 Å². The van der Waals surface area contributed by atoms with Crippen molar-refractivity contribution >= 4 is 45.5 Å². The van der Waals surface area contributed by atoms with Gasteiger partial charge in [-0.1, -0.05) is 20.8 Å². The molecule has 0 radical (unpaired) electrons. The first kappa shape index (κ1) is 23.2. The molecular weight excluding hydrogens is 505 g/mol. The van der Waals surface area contributed by atoms with Gasteiger partial charge in [0.25, 0.3) is 5.91 Å². The Balaban J connectivity index is 2.07. The van der Waals surface area contributed by atoms with E-state index < -0.39 is 0 Å². The lowest BCUT2D eigenvalue weighted by molar-refractivity contribution is 0.101. The maximum Gasteiger partial charge on any atom is 0.276 e. The smallest absolute Gasteiger partial charge is 0.276 e. The van der Waals surface area contributed by atoms with Crippen molar-refractivity contribution in [1.29, 1.82) is 5.26 Å². The lowest BCUT2D eigenvalue weighted by atomic mass is 9.93. The first-order valence-electron chi connectivity index (χ1n) is 10.4. The summed E-state index contributed by atoms with van der Waals surface area (Å²) in [4.78, 5) is 17.8. The second-order valence-electron chi connectivity index (χ2n) is 8.34. The van der Waals surface area contributed by atoms with Crippen LogP contribution in [0.1, 0.15) is 49.4 Å². The predicted molar refractivity (Wildman–Crippen MR) is 130 cm³/mol. The van der Waals surface area contributed by atoms with E-state index in [4.69, 9.17) is 4.98 Å². The number of hydrogen-bond acceptors (Lipinski definition) is 5. The number of carbonyl (C=O) groups excluding carboxylic acids is 1. The van der Waals surface area contributed by atoms with Gasteiger partial charge in [0.2, 0.25) is 5.95 Å². The molecule has 0 aliphatic carbocycles. The Hall–Kier alpha value is -2.45. The molecule has 2 heterocycles. The number of nitrogens with one attached hydrogen (secondary N) is 2. The van der Waals surface area contributed by atoms with Gasteiger partial charge in [-0.05, 0) is 66.6 Å². The first-order valence-corrected chi connectivity index (χ1v) is 11.4. The number of fused-ring (bicyclic) bond motifs is 1. The minimum atomic E-state index is -0.251. The van der Waals surface area contributed by atoms with E-state index in [-0.39, 0.29) is 11.3 Å². The van der Waals surface area contributed by atoms with Gasteiger partial charge in [0.05, 0.1) is 28.4 Å². The van der Waals surface area contributed by atoms with Crippen LogP contribution in [-0.2, 0) is 13.1 Å². The molecule has 0 aliphatic heterocycles. The Bertz CT molecular complexity index is 1150. The van der Waals surface area contributed by atoms with E-state index in [9.17, 15) is 10.1 Å². The number of carbonyl (C=O) groups is 1. The van der Waals surface area contributed by atoms with Crippen LogP contribution in [0.4, 0.5) is 5.95 Å². The van der Waals surface area contributed by atoms with Crippen LogP contribution in [0.15, 0.2) is 18.2 Å². The third-order valence-corrected chi connectivity index (χ3v) is 5.85. The zero-order valence-electron chi connectivity index (χ0n) is 18.6. The summed E-state index contributed by atoms with van der Waals surface area (Å²) in [6, 6.07) is 7.57. The summed E-state index contributed by atoms with van der Waals surface area (Å²) in [5, 5.41) is 20.1. The Morgan fingerprint density at radius 3 is 2.68 bits per heavy atom. The van der Waals surface area contributed by atoms with Crippen molar-refractivity contribution in [3.05, 3.63) is 38.7 Å². The number of nitriles is 1. The molecule has 0 bridgehead atoms. The first-order chi connectivity index (χ1) is 14.7. The molecule has 0 fully saturated rings. The molecule has 9 heteroatoms. The molecule has 2 N–H and O–H groups in total. The molecule has 3 rings (SSSR count). The van der Waals surface area contributed by atoms with E-state index in [1.807, 2.05) is 24.5 Å². The average Bonchev–Trinajstić information content (AvgIpc) is 3.26. The van der Waals surface area contributed by atoms with E-state index >= 15 is 0 Å². The quantitative estimate of drug-likeness (QED) is 0.428. The normalized spacial score (nSPS) is 11.6. The zero-order chi connectivity index (χ0) is 22.8. The Kier molecular flexibility index (Phi) is 7.01. The van der Waals surface area contributed by atoms with Crippen LogP contribution < -0.4 is 10.6 Å². The van der Waals surface area contributed by atoms with Crippen LogP contribution in [0.2, 0.25) is 0 Å². The van der Waals surface area contributed by atoms with Gasteiger partial charge in [-0.2, -0.15) is 10.4 Å². The Morgan fingerprint density at radius 1 is 1.29 bits per heavy atom. The number of hydrogen-bond donors (Lipinski definition) is 2. The largest absolute Gasteiger partial charge is 0.316 e. The molecule has 3 aromatic rings. The van der Waals surface area contributed by atoms with E-state index in [0.717, 1.165) is 27.9 Å². The molecule has 0 unspecified atom stereocenters. The summed E-state index contributed by atoms with van der Waals surface area (Å²) >= 11 is 2.23. The number of aryl methyl sites for hydroxylation is 2. The average molecular weight is 533 g/mol. The molecule has 1 aromatic carbocycles. The van der Waals surface area contributed by atoms with Gasteiger partial charge in [-0.3, -0.25) is 14.8 Å². The standard InChI is InChI=1S/C22H28IN7O/c1-6-25-12-22(4,5)13-29-19-16(23)9-15(11-24)10-17(19)26-21(29)27-20(31)18-8-14(3)28-30(18)7-2/h8-10,25H,6-7,12-13H2,1-5H3,(H,26,27,31). The second kappa shape index (κ2) is 9.36. The van der Waals surface area contributed by atoms with Gasteiger partial charge in [-0.15, -0.1) is 0 Å². The molecule has 0 saturated carbocycles. The van der Waals surface area contributed by atoms with Gasteiger partial charge in [0, 0.05) is 23.2 Å². The SMILES string of the molecule is CCNCC(C)(C)Cn1c(NC(=O)c2cc(C)nn2CC)nc2cc(C#N)cc(I)c21. The fourth-order valence-corrected chi connectivity index (χ4v) is 4.52. The van der Waals surface area contributed by atoms with Gasteiger partial charge in [0.1, 0.15) is 5.69 Å².